The van der Waals surface area contributed by atoms with Gasteiger partial charge in [-0.3, -0.25) is 0 Å². The molecule has 0 radical (unpaired) electrons. The Balaban J connectivity index is 2.53. The fourth-order valence-electron chi connectivity index (χ4n) is 0.957. The van der Waals surface area contributed by atoms with Gasteiger partial charge in [-0.25, -0.2) is 9.97 Å². The quantitative estimate of drug-likeness (QED) is 0.574. The van der Waals surface area contributed by atoms with Gasteiger partial charge in [0.15, 0.2) is 16.3 Å². The van der Waals surface area contributed by atoms with Gasteiger partial charge in [0.05, 0.1) is 4.47 Å². The Morgan fingerprint density at radius 1 is 0.933 bits per heavy atom. The normalized spacial score (nSPS) is 10.7. The van der Waals surface area contributed by atoms with E-state index < -0.39 is 0 Å². The summed E-state index contributed by atoms with van der Waals surface area (Å²) in [4.78, 5) is 8.40. The van der Waals surface area contributed by atoms with Gasteiger partial charge in [-0.2, -0.15) is 0 Å². The monoisotopic (exact) mass is 458 g/mol. The van der Waals surface area contributed by atoms with Crippen molar-refractivity contribution in [1.29, 1.82) is 0 Å². The van der Waals surface area contributed by atoms with E-state index in [0.29, 0.717) is 25.5 Å². The van der Waals surface area contributed by atoms with Crippen LogP contribution in [0.4, 0.5) is 0 Å². The maximum atomic E-state index is 5.41. The lowest BCUT2D eigenvalue weighted by atomic mass is 10.4. The number of nitrogens with zero attached hydrogens (tertiary/aromatic N) is 2. The van der Waals surface area contributed by atoms with Crippen LogP contribution >= 0.6 is 63.7 Å². The van der Waals surface area contributed by atoms with E-state index in [-0.39, 0.29) is 0 Å². The molecule has 0 aliphatic rings. The third kappa shape index (κ3) is 2.69. The zero-order valence-electron chi connectivity index (χ0n) is 6.97. The van der Waals surface area contributed by atoms with Gasteiger partial charge in [-0.05, 0) is 63.7 Å². The average molecular weight is 462 g/mol. The second kappa shape index (κ2) is 4.65. The lowest BCUT2D eigenvalue weighted by Gasteiger charge is -1.97. The first-order chi connectivity index (χ1) is 7.06. The molecule has 78 valence electrons. The maximum Gasteiger partial charge on any atom is 0.197 e. The molecule has 7 heteroatoms. The minimum absolute atomic E-state index is 0.516. The molecule has 0 saturated heterocycles. The summed E-state index contributed by atoms with van der Waals surface area (Å²) in [7, 11) is 0. The van der Waals surface area contributed by atoms with Crippen LogP contribution in [0.25, 0.3) is 11.6 Å². The highest BCUT2D eigenvalue weighted by atomic mass is 79.9. The van der Waals surface area contributed by atoms with E-state index >= 15 is 0 Å². The van der Waals surface area contributed by atoms with Crippen molar-refractivity contribution in [2.75, 3.05) is 0 Å². The molecular weight excluding hydrogens is 460 g/mol. The molecule has 15 heavy (non-hydrogen) atoms. The lowest BCUT2D eigenvalue weighted by Crippen LogP contribution is -1.88. The second-order valence-corrected chi connectivity index (χ2v) is 5.77. The minimum atomic E-state index is 0.516. The highest BCUT2D eigenvalue weighted by Gasteiger charge is 2.12. The number of halogens is 4. The van der Waals surface area contributed by atoms with Crippen LogP contribution in [0.1, 0.15) is 0 Å². The number of hydrogen-bond donors (Lipinski definition) is 0. The minimum Gasteiger partial charge on any atom is -0.445 e. The highest BCUT2D eigenvalue weighted by Crippen LogP contribution is 2.32. The molecule has 0 bridgehead atoms. The van der Waals surface area contributed by atoms with Crippen molar-refractivity contribution in [3.05, 3.63) is 30.5 Å². The Labute approximate surface area is 119 Å². The highest BCUT2D eigenvalue weighted by molar-refractivity contribution is 9.13. The summed E-state index contributed by atoms with van der Waals surface area (Å²) in [6.07, 6.45) is 0. The first kappa shape index (κ1) is 11.8. The van der Waals surface area contributed by atoms with Gasteiger partial charge in [0.2, 0.25) is 0 Å². The number of rotatable bonds is 1. The van der Waals surface area contributed by atoms with Crippen molar-refractivity contribution >= 4 is 63.7 Å². The van der Waals surface area contributed by atoms with Crippen LogP contribution in [0, 0.1) is 0 Å². The van der Waals surface area contributed by atoms with Gasteiger partial charge >= 0.3 is 0 Å². The van der Waals surface area contributed by atoms with Gasteiger partial charge in [0.1, 0.15) is 9.21 Å². The van der Waals surface area contributed by atoms with E-state index in [4.69, 9.17) is 4.42 Å². The Morgan fingerprint density at radius 2 is 1.53 bits per heavy atom. The van der Waals surface area contributed by atoms with Gasteiger partial charge in [0, 0.05) is 12.1 Å². The third-order valence-corrected chi connectivity index (χ3v) is 4.05. The number of furan rings is 1. The zero-order chi connectivity index (χ0) is 11.0. The van der Waals surface area contributed by atoms with Crippen LogP contribution in [-0.2, 0) is 0 Å². The molecule has 0 N–H and O–H groups in total. The smallest absolute Gasteiger partial charge is 0.197 e. The van der Waals surface area contributed by atoms with Gasteiger partial charge in [-0.1, -0.05) is 0 Å². The van der Waals surface area contributed by atoms with Gasteiger partial charge < -0.3 is 4.42 Å². The van der Waals surface area contributed by atoms with Crippen LogP contribution in [0.3, 0.4) is 0 Å². The number of hydrogen-bond acceptors (Lipinski definition) is 3. The molecule has 3 nitrogen and oxygen atoms in total. The summed E-state index contributed by atoms with van der Waals surface area (Å²) in [5.74, 6) is 1.11. The van der Waals surface area contributed by atoms with Crippen LogP contribution in [0.2, 0.25) is 0 Å². The average Bonchev–Trinajstić information content (AvgIpc) is 2.45. The van der Waals surface area contributed by atoms with E-state index in [2.05, 4.69) is 73.7 Å². The zero-order valence-corrected chi connectivity index (χ0v) is 13.3. The summed E-state index contributed by atoms with van der Waals surface area (Å²) in [6, 6.07) is 3.56. The van der Waals surface area contributed by atoms with E-state index in [0.717, 1.165) is 4.47 Å². The molecule has 0 amide bonds. The van der Waals surface area contributed by atoms with Crippen molar-refractivity contribution in [2.24, 2.45) is 0 Å². The molecule has 0 aromatic carbocycles. The summed E-state index contributed by atoms with van der Waals surface area (Å²) < 4.78 is 8.26. The molecule has 0 aliphatic carbocycles. The van der Waals surface area contributed by atoms with E-state index in [9.17, 15) is 0 Å². The predicted octanol–water partition coefficient (Wildman–Crippen LogP) is 4.79. The molecule has 0 saturated carbocycles. The van der Waals surface area contributed by atoms with Crippen LogP contribution in [-0.4, -0.2) is 9.97 Å². The molecule has 0 aliphatic heterocycles. The lowest BCUT2D eigenvalue weighted by molar-refractivity contribution is 0.549. The molecule has 0 spiro atoms. The SMILES string of the molecule is Brc1cc(Br)nc(-c2cc(Br)c(Br)o2)n1. The third-order valence-electron chi connectivity index (χ3n) is 1.53. The van der Waals surface area contributed by atoms with Crippen LogP contribution in [0.15, 0.2) is 34.9 Å². The largest absolute Gasteiger partial charge is 0.445 e. The van der Waals surface area contributed by atoms with Crippen molar-refractivity contribution in [1.82, 2.24) is 9.97 Å². The van der Waals surface area contributed by atoms with Crippen LogP contribution < -0.4 is 0 Å². The summed E-state index contributed by atoms with van der Waals surface area (Å²) in [6.45, 7) is 0. The standard InChI is InChI=1S/C8H2Br4N2O/c9-3-1-4(15-7(3)12)8-13-5(10)2-6(11)14-8/h1-2H. The van der Waals surface area contributed by atoms with Crippen molar-refractivity contribution in [3.63, 3.8) is 0 Å². The fraction of sp³-hybridized carbons (Fsp3) is 0. The summed E-state index contributed by atoms with van der Waals surface area (Å²) >= 11 is 13.2. The topological polar surface area (TPSA) is 38.9 Å². The van der Waals surface area contributed by atoms with Crippen molar-refractivity contribution in [3.8, 4) is 11.6 Å². The first-order valence-electron chi connectivity index (χ1n) is 3.71. The van der Waals surface area contributed by atoms with Crippen LogP contribution in [0.5, 0.6) is 0 Å². The van der Waals surface area contributed by atoms with Crippen molar-refractivity contribution in [2.45, 2.75) is 0 Å². The molecule has 0 fully saturated rings. The molecule has 2 rings (SSSR count). The van der Waals surface area contributed by atoms with E-state index in [1.807, 2.05) is 0 Å². The Bertz CT molecular complexity index is 472. The Hall–Kier alpha value is 0.280. The van der Waals surface area contributed by atoms with E-state index in [1.165, 1.54) is 0 Å². The fourth-order valence-corrected chi connectivity index (χ4v) is 2.61. The molecule has 2 aromatic heterocycles. The molecule has 2 heterocycles. The van der Waals surface area contributed by atoms with Gasteiger partial charge in [-0.15, -0.1) is 0 Å². The molecule has 0 atom stereocenters. The van der Waals surface area contributed by atoms with Crippen molar-refractivity contribution < 1.29 is 4.42 Å². The summed E-state index contributed by atoms with van der Waals surface area (Å²) in [5.41, 5.74) is 0. The second-order valence-electron chi connectivity index (χ2n) is 2.57. The first-order valence-corrected chi connectivity index (χ1v) is 6.89. The Kier molecular flexibility index (Phi) is 3.64. The number of aromatic nitrogens is 2. The Morgan fingerprint density at radius 3 is 2.00 bits per heavy atom. The maximum absolute atomic E-state index is 5.41. The predicted molar refractivity (Wildman–Crippen MR) is 70.5 cm³/mol. The molecule has 0 unspecified atom stereocenters. The summed E-state index contributed by atoms with van der Waals surface area (Å²) in [5, 5.41) is 0. The molecule has 2 aromatic rings. The van der Waals surface area contributed by atoms with E-state index in [1.54, 1.807) is 12.1 Å². The van der Waals surface area contributed by atoms with Gasteiger partial charge in [0.25, 0.3) is 0 Å². The molecular formula is C8H2Br4N2O.